The van der Waals surface area contributed by atoms with Crippen LogP contribution in [0.2, 0.25) is 5.02 Å². The standard InChI is InChI=1S/C21H17ClF2N4O5/c22-13-3-1-12(2-4-13)21-27-19(33-28-21)7-8-20(31)32-11-18(30)25-10-17(29)26-14-5-6-15(23)16(24)9-14/h1-6,9H,7-8,10-11H2,(H,25,30)(H,26,29). The van der Waals surface area contributed by atoms with E-state index in [1.165, 1.54) is 6.07 Å². The smallest absolute Gasteiger partial charge is 0.306 e. The zero-order valence-corrected chi connectivity index (χ0v) is 17.7. The summed E-state index contributed by atoms with van der Waals surface area (Å²) in [5, 5.41) is 8.92. The fourth-order valence-electron chi connectivity index (χ4n) is 2.51. The maximum Gasteiger partial charge on any atom is 0.306 e. The summed E-state index contributed by atoms with van der Waals surface area (Å²) in [5.74, 6) is -3.68. The molecule has 3 rings (SSSR count). The van der Waals surface area contributed by atoms with Crippen molar-refractivity contribution in [2.45, 2.75) is 12.8 Å². The molecule has 0 saturated carbocycles. The van der Waals surface area contributed by atoms with Crippen molar-refractivity contribution in [1.29, 1.82) is 0 Å². The fraction of sp³-hybridized carbons (Fsp3) is 0.190. The fourth-order valence-corrected chi connectivity index (χ4v) is 2.63. The van der Waals surface area contributed by atoms with E-state index in [0.29, 0.717) is 16.4 Å². The van der Waals surface area contributed by atoms with E-state index >= 15 is 0 Å². The van der Waals surface area contributed by atoms with E-state index in [9.17, 15) is 23.2 Å². The number of nitrogens with zero attached hydrogens (tertiary/aromatic N) is 2. The molecule has 1 aromatic heterocycles. The molecule has 0 fully saturated rings. The molecule has 2 amide bonds. The number of halogens is 3. The number of aryl methyl sites for hydroxylation is 1. The molecular weight excluding hydrogens is 462 g/mol. The summed E-state index contributed by atoms with van der Waals surface area (Å²) in [6.45, 7) is -1.05. The second-order valence-electron chi connectivity index (χ2n) is 6.63. The Morgan fingerprint density at radius 1 is 1.03 bits per heavy atom. The number of esters is 1. The van der Waals surface area contributed by atoms with Crippen molar-refractivity contribution < 1.29 is 32.4 Å². The lowest BCUT2D eigenvalue weighted by Crippen LogP contribution is -2.35. The summed E-state index contributed by atoms with van der Waals surface area (Å²) in [7, 11) is 0. The minimum absolute atomic E-state index is 0.0276. The summed E-state index contributed by atoms with van der Waals surface area (Å²) < 4.78 is 35.9. The molecule has 1 heterocycles. The van der Waals surface area contributed by atoms with Crippen LogP contribution in [0.15, 0.2) is 47.0 Å². The third-order valence-corrected chi connectivity index (χ3v) is 4.38. The van der Waals surface area contributed by atoms with Crippen LogP contribution in [0, 0.1) is 11.6 Å². The highest BCUT2D eigenvalue weighted by Gasteiger charge is 2.13. The SMILES string of the molecule is O=C(COC(=O)CCc1nc(-c2ccc(Cl)cc2)no1)NCC(=O)Nc1ccc(F)c(F)c1. The molecular formula is C21H17ClF2N4O5. The van der Waals surface area contributed by atoms with E-state index in [1.807, 2.05) is 0 Å². The Kier molecular flexibility index (Phi) is 8.03. The van der Waals surface area contributed by atoms with Crippen LogP contribution in [0.4, 0.5) is 14.5 Å². The van der Waals surface area contributed by atoms with E-state index in [2.05, 4.69) is 20.8 Å². The van der Waals surface area contributed by atoms with E-state index in [1.54, 1.807) is 24.3 Å². The minimum Gasteiger partial charge on any atom is -0.456 e. The molecule has 12 heteroatoms. The largest absolute Gasteiger partial charge is 0.456 e. The lowest BCUT2D eigenvalue weighted by molar-refractivity contribution is -0.148. The topological polar surface area (TPSA) is 123 Å². The van der Waals surface area contributed by atoms with Gasteiger partial charge < -0.3 is 19.9 Å². The van der Waals surface area contributed by atoms with Crippen LogP contribution in [0.1, 0.15) is 12.3 Å². The molecule has 3 aromatic rings. The van der Waals surface area contributed by atoms with Crippen LogP contribution in [0.5, 0.6) is 0 Å². The van der Waals surface area contributed by atoms with E-state index in [0.717, 1.165) is 12.1 Å². The van der Waals surface area contributed by atoms with Gasteiger partial charge in [0.2, 0.25) is 17.6 Å². The van der Waals surface area contributed by atoms with Crippen molar-refractivity contribution in [3.05, 3.63) is 65.0 Å². The highest BCUT2D eigenvalue weighted by atomic mass is 35.5. The van der Waals surface area contributed by atoms with E-state index in [-0.39, 0.29) is 24.4 Å². The predicted octanol–water partition coefficient (Wildman–Crippen LogP) is 2.90. The summed E-state index contributed by atoms with van der Waals surface area (Å²) >= 11 is 5.83. The van der Waals surface area contributed by atoms with E-state index < -0.39 is 42.6 Å². The molecule has 33 heavy (non-hydrogen) atoms. The average molecular weight is 479 g/mol. The second kappa shape index (κ2) is 11.1. The van der Waals surface area contributed by atoms with Crippen LogP contribution < -0.4 is 10.6 Å². The lowest BCUT2D eigenvalue weighted by Gasteiger charge is -2.08. The summed E-state index contributed by atoms with van der Waals surface area (Å²) in [6, 6.07) is 9.64. The van der Waals surface area contributed by atoms with Gasteiger partial charge in [-0.15, -0.1) is 0 Å². The normalized spacial score (nSPS) is 10.5. The van der Waals surface area contributed by atoms with Crippen LogP contribution in [-0.2, 0) is 25.5 Å². The number of hydrogen-bond donors (Lipinski definition) is 2. The van der Waals surface area contributed by atoms with Gasteiger partial charge in [0.05, 0.1) is 13.0 Å². The minimum atomic E-state index is -1.12. The first-order chi connectivity index (χ1) is 15.8. The molecule has 0 saturated heterocycles. The Labute approximate surface area is 191 Å². The third kappa shape index (κ3) is 7.35. The molecule has 0 aliphatic rings. The van der Waals surface area contributed by atoms with Gasteiger partial charge in [-0.3, -0.25) is 14.4 Å². The first kappa shape index (κ1) is 23.8. The van der Waals surface area contributed by atoms with Crippen molar-refractivity contribution in [1.82, 2.24) is 15.5 Å². The van der Waals surface area contributed by atoms with Gasteiger partial charge in [0.25, 0.3) is 5.91 Å². The Balaban J connectivity index is 1.35. The number of carbonyl (C=O) groups is 3. The number of aromatic nitrogens is 2. The van der Waals surface area contributed by atoms with E-state index in [4.69, 9.17) is 20.9 Å². The van der Waals surface area contributed by atoms with Crippen LogP contribution in [0.3, 0.4) is 0 Å². The number of carbonyl (C=O) groups excluding carboxylic acids is 3. The molecule has 0 aliphatic heterocycles. The first-order valence-corrected chi connectivity index (χ1v) is 9.93. The number of amides is 2. The first-order valence-electron chi connectivity index (χ1n) is 9.56. The molecule has 172 valence electrons. The van der Waals surface area contributed by atoms with Crippen molar-refractivity contribution in [3.63, 3.8) is 0 Å². The highest BCUT2D eigenvalue weighted by molar-refractivity contribution is 6.30. The Morgan fingerprint density at radius 3 is 2.52 bits per heavy atom. The number of hydrogen-bond acceptors (Lipinski definition) is 7. The number of anilines is 1. The zero-order chi connectivity index (χ0) is 23.8. The Morgan fingerprint density at radius 2 is 1.79 bits per heavy atom. The van der Waals surface area contributed by atoms with Crippen molar-refractivity contribution >= 4 is 35.1 Å². The van der Waals surface area contributed by atoms with Crippen LogP contribution in [0.25, 0.3) is 11.4 Å². The molecule has 0 bridgehead atoms. The van der Waals surface area contributed by atoms with Gasteiger partial charge in [-0.2, -0.15) is 4.98 Å². The second-order valence-corrected chi connectivity index (χ2v) is 7.07. The van der Waals surface area contributed by atoms with Crippen molar-refractivity contribution in [2.24, 2.45) is 0 Å². The van der Waals surface area contributed by atoms with Crippen LogP contribution >= 0.6 is 11.6 Å². The maximum atomic E-state index is 13.1. The zero-order valence-electron chi connectivity index (χ0n) is 16.9. The Bertz CT molecular complexity index is 1150. The lowest BCUT2D eigenvalue weighted by atomic mass is 10.2. The highest BCUT2D eigenvalue weighted by Crippen LogP contribution is 2.19. The van der Waals surface area contributed by atoms with Gasteiger partial charge in [0, 0.05) is 28.8 Å². The number of benzene rings is 2. The summed E-state index contributed by atoms with van der Waals surface area (Å²) in [6.07, 6.45) is 0.00380. The molecule has 0 aliphatic carbocycles. The van der Waals surface area contributed by atoms with Gasteiger partial charge >= 0.3 is 5.97 Å². The average Bonchev–Trinajstić information content (AvgIpc) is 3.27. The van der Waals surface area contributed by atoms with Crippen LogP contribution in [-0.4, -0.2) is 41.1 Å². The quantitative estimate of drug-likeness (QED) is 0.453. The molecule has 0 spiro atoms. The van der Waals surface area contributed by atoms with Gasteiger partial charge in [0.15, 0.2) is 18.2 Å². The monoisotopic (exact) mass is 478 g/mol. The van der Waals surface area contributed by atoms with Gasteiger partial charge in [0.1, 0.15) is 0 Å². The Hall–Kier alpha value is -3.86. The summed E-state index contributed by atoms with van der Waals surface area (Å²) in [5.41, 5.74) is 0.724. The molecule has 2 N–H and O–H groups in total. The van der Waals surface area contributed by atoms with Gasteiger partial charge in [-0.05, 0) is 36.4 Å². The molecule has 0 radical (unpaired) electrons. The van der Waals surface area contributed by atoms with Crippen molar-refractivity contribution in [3.8, 4) is 11.4 Å². The predicted molar refractivity (Wildman–Crippen MR) is 112 cm³/mol. The third-order valence-electron chi connectivity index (χ3n) is 4.13. The number of nitrogens with one attached hydrogen (secondary N) is 2. The summed E-state index contributed by atoms with van der Waals surface area (Å²) in [4.78, 5) is 39.5. The number of ether oxygens (including phenoxy) is 1. The molecule has 9 nitrogen and oxygen atoms in total. The van der Waals surface area contributed by atoms with Gasteiger partial charge in [-0.25, -0.2) is 8.78 Å². The number of rotatable bonds is 9. The maximum absolute atomic E-state index is 13.1. The van der Waals surface area contributed by atoms with Gasteiger partial charge in [-0.1, -0.05) is 16.8 Å². The molecule has 0 atom stereocenters. The molecule has 0 unspecified atom stereocenters. The van der Waals surface area contributed by atoms with Crippen molar-refractivity contribution in [2.75, 3.05) is 18.5 Å². The molecule has 2 aromatic carbocycles.